The first kappa shape index (κ1) is 75.8. The Hall–Kier alpha value is -17.3. The summed E-state index contributed by atoms with van der Waals surface area (Å²) in [5, 5.41) is 0. The van der Waals surface area contributed by atoms with Crippen LogP contribution in [0, 0.1) is 0 Å². The molecule has 0 atom stereocenters. The number of nitrogens with zero attached hydrogens (tertiary/aromatic N) is 12. The Balaban J connectivity index is 0.574. The van der Waals surface area contributed by atoms with Crippen molar-refractivity contribution in [3.63, 3.8) is 0 Å². The second kappa shape index (κ2) is 34.5. The molecule has 13 aromatic carbocycles. The van der Waals surface area contributed by atoms with E-state index < -0.39 is 17.9 Å². The molecule has 6 aromatic heterocycles. The lowest BCUT2D eigenvalue weighted by molar-refractivity contribution is 0.0734. The van der Waals surface area contributed by atoms with Crippen molar-refractivity contribution < 1.29 is 28.6 Å². The Labute approximate surface area is 706 Å². The van der Waals surface area contributed by atoms with E-state index in [0.29, 0.717) is 86.2 Å². The maximum atomic E-state index is 14.5. The first-order valence-electron chi connectivity index (χ1n) is 39.5. The largest absolute Gasteiger partial charge is 0.423 e. The van der Waals surface area contributed by atoms with Gasteiger partial charge in [-0.05, 0) is 179 Å². The zero-order valence-corrected chi connectivity index (χ0v) is 65.4. The van der Waals surface area contributed by atoms with Crippen LogP contribution in [0.15, 0.2) is 401 Å². The van der Waals surface area contributed by atoms with Gasteiger partial charge in [0.15, 0.2) is 52.4 Å². The highest BCUT2D eigenvalue weighted by atomic mass is 16.5. The summed E-state index contributed by atoms with van der Waals surface area (Å²) in [7, 11) is 0. The number of carbonyl (C=O) groups is 3. The zero-order chi connectivity index (χ0) is 82.8. The van der Waals surface area contributed by atoms with Crippen molar-refractivity contribution in [2.75, 3.05) is 0 Å². The Morgan fingerprint density at radius 2 is 0.358 bits per heavy atom. The first-order chi connectivity index (χ1) is 60.6. The van der Waals surface area contributed by atoms with Crippen LogP contribution in [-0.4, -0.2) is 77.7 Å². The van der Waals surface area contributed by atoms with E-state index in [4.69, 9.17) is 74.0 Å². The number of rotatable bonds is 21. The smallest absolute Gasteiger partial charge is 0.343 e. The van der Waals surface area contributed by atoms with Crippen molar-refractivity contribution in [2.45, 2.75) is 0 Å². The normalized spacial score (nSPS) is 11.0. The van der Waals surface area contributed by atoms with Crippen LogP contribution in [0.5, 0.6) is 17.2 Å². The third-order valence-electron chi connectivity index (χ3n) is 20.5. The lowest BCUT2D eigenvalue weighted by atomic mass is 10.0. The minimum Gasteiger partial charge on any atom is -0.423 e. The zero-order valence-electron chi connectivity index (χ0n) is 65.4. The summed E-state index contributed by atoms with van der Waals surface area (Å²) in [5.74, 6) is 2.29. The van der Waals surface area contributed by atoms with Crippen LogP contribution < -0.4 is 14.2 Å². The summed E-state index contributed by atoms with van der Waals surface area (Å²) in [6.07, 6.45) is 5.14. The highest BCUT2D eigenvalue weighted by Gasteiger charge is 2.24. The molecule has 18 nitrogen and oxygen atoms in total. The number of aromatic nitrogens is 12. The van der Waals surface area contributed by atoms with Crippen LogP contribution in [0.1, 0.15) is 31.1 Å². The molecule has 0 aliphatic carbocycles. The van der Waals surface area contributed by atoms with Gasteiger partial charge in [0.1, 0.15) is 17.2 Å². The van der Waals surface area contributed by atoms with Crippen LogP contribution in [0.4, 0.5) is 0 Å². The third kappa shape index (κ3) is 17.3. The van der Waals surface area contributed by atoms with Gasteiger partial charge in [-0.25, -0.2) is 59.2 Å². The summed E-state index contributed by atoms with van der Waals surface area (Å²) in [6, 6.07) is 120. The lowest BCUT2D eigenvalue weighted by Crippen LogP contribution is -2.16. The van der Waals surface area contributed by atoms with E-state index in [1.54, 1.807) is 91.4 Å². The van der Waals surface area contributed by atoms with E-state index >= 15 is 0 Å². The molecule has 0 bridgehead atoms. The Morgan fingerprint density at radius 1 is 0.163 bits per heavy atom. The Bertz CT molecular complexity index is 6380. The third-order valence-corrected chi connectivity index (χ3v) is 20.5. The van der Waals surface area contributed by atoms with Crippen molar-refractivity contribution in [3.8, 4) is 187 Å². The molecule has 0 aliphatic heterocycles. The fourth-order valence-electron chi connectivity index (χ4n) is 14.1. The minimum atomic E-state index is -0.875. The maximum Gasteiger partial charge on any atom is 0.343 e. The SMILES string of the molecule is O=C(Oc1ccc(-c2ccc(-c3nc(-c4ccccc4)nc(-c4cccc(-c5ccccc5)c4)n3)cn2)cc1)c1cc(C(=O)Oc2ccc(-c3ccc(-c4nc(-c5ccccc5)nc(-c5cccc(-c6ccccc6)c5)n4)cn3)cc2)cc(C(=O)Oc2ccc(-c3ccc(-c4nc(-c5ccccc5)nc(-c5cccc(-c6ccccc6)c5)n4)cn3)cc2)c1. The molecule has 0 radical (unpaired) electrons. The number of benzene rings is 13. The molecule has 123 heavy (non-hydrogen) atoms. The molecular weight excluding hydrogens is 1530 g/mol. The number of carbonyl (C=O) groups excluding carboxylic acids is 3. The number of esters is 3. The lowest BCUT2D eigenvalue weighted by Gasteiger charge is -2.11. The van der Waals surface area contributed by atoms with E-state index in [9.17, 15) is 14.4 Å². The van der Waals surface area contributed by atoms with Gasteiger partial charge in [0.25, 0.3) is 0 Å². The Kier molecular flexibility index (Phi) is 21.3. The maximum absolute atomic E-state index is 14.5. The molecule has 0 spiro atoms. The molecule has 0 amide bonds. The second-order valence-corrected chi connectivity index (χ2v) is 28.7. The first-order valence-corrected chi connectivity index (χ1v) is 39.5. The molecule has 0 aliphatic rings. The monoisotopic (exact) mass is 1590 g/mol. The van der Waals surface area contributed by atoms with Crippen LogP contribution in [-0.2, 0) is 0 Å². The number of pyridine rings is 3. The highest BCUT2D eigenvalue weighted by Crippen LogP contribution is 2.36. The van der Waals surface area contributed by atoms with Crippen molar-refractivity contribution in [2.24, 2.45) is 0 Å². The average molecular weight is 1590 g/mol. The molecule has 0 fully saturated rings. The highest BCUT2D eigenvalue weighted by molar-refractivity contribution is 6.02. The van der Waals surface area contributed by atoms with Gasteiger partial charge in [0, 0.05) is 85.4 Å². The molecule has 0 unspecified atom stereocenters. The van der Waals surface area contributed by atoms with Gasteiger partial charge in [-0.3, -0.25) is 15.0 Å². The summed E-state index contributed by atoms with van der Waals surface area (Å²) in [5.41, 5.74) is 16.9. The molecule has 6 heterocycles. The molecular formula is C105H66N12O6. The molecule has 18 heteroatoms. The molecule has 0 N–H and O–H groups in total. The van der Waals surface area contributed by atoms with Gasteiger partial charge in [-0.1, -0.05) is 237 Å². The number of hydrogen-bond donors (Lipinski definition) is 0. The van der Waals surface area contributed by atoms with Gasteiger partial charge >= 0.3 is 17.9 Å². The van der Waals surface area contributed by atoms with E-state index in [-0.39, 0.29) is 33.9 Å². The fourth-order valence-corrected chi connectivity index (χ4v) is 14.1. The van der Waals surface area contributed by atoms with Gasteiger partial charge in [0.2, 0.25) is 0 Å². The average Bonchev–Trinajstić information content (AvgIpc) is 0.805. The van der Waals surface area contributed by atoms with Crippen LogP contribution in [0.3, 0.4) is 0 Å². The van der Waals surface area contributed by atoms with Crippen LogP contribution in [0.25, 0.3) is 170 Å². The van der Waals surface area contributed by atoms with Crippen molar-refractivity contribution >= 4 is 17.9 Å². The van der Waals surface area contributed by atoms with Gasteiger partial charge in [0.05, 0.1) is 33.8 Å². The fraction of sp³-hybridized carbons (Fsp3) is 0. The summed E-state index contributed by atoms with van der Waals surface area (Å²) >= 11 is 0. The van der Waals surface area contributed by atoms with Crippen molar-refractivity contribution in [1.82, 2.24) is 59.8 Å². The summed E-state index contributed by atoms with van der Waals surface area (Å²) < 4.78 is 18.0. The quantitative estimate of drug-likeness (QED) is 0.0480. The van der Waals surface area contributed by atoms with E-state index in [2.05, 4.69) is 72.8 Å². The molecule has 582 valence electrons. The summed E-state index contributed by atoms with van der Waals surface area (Å²) in [6.45, 7) is 0. The second-order valence-electron chi connectivity index (χ2n) is 28.7. The van der Waals surface area contributed by atoms with Gasteiger partial charge < -0.3 is 14.2 Å². The molecule has 19 aromatic rings. The number of ether oxygens (including phenoxy) is 3. The van der Waals surface area contributed by atoms with Gasteiger partial charge in [-0.15, -0.1) is 0 Å². The van der Waals surface area contributed by atoms with E-state index in [0.717, 1.165) is 83.5 Å². The molecule has 0 saturated carbocycles. The topological polar surface area (TPSA) is 234 Å². The predicted octanol–water partition coefficient (Wildman–Crippen LogP) is 23.1. The summed E-state index contributed by atoms with van der Waals surface area (Å²) in [4.78, 5) is 103. The van der Waals surface area contributed by atoms with E-state index in [1.165, 1.54) is 18.2 Å². The molecule has 0 saturated heterocycles. The minimum absolute atomic E-state index is 0.142. The molecule has 19 rings (SSSR count). The van der Waals surface area contributed by atoms with Crippen LogP contribution in [0.2, 0.25) is 0 Å². The van der Waals surface area contributed by atoms with Crippen LogP contribution >= 0.6 is 0 Å². The van der Waals surface area contributed by atoms with Crippen molar-refractivity contribution in [1.29, 1.82) is 0 Å². The standard InChI is InChI=1S/C105H66N12O6/c118-103(121-88-49-40-70(41-50-88)91-55-46-82(64-106-91)100-112-94(73-28-13-4-14-29-73)109-97(115-100)79-37-19-34-76(58-79)67-22-7-1-8-23-67)85-61-86(104(119)122-89-51-42-71(43-52-89)92-56-47-83(65-107-92)101-113-95(74-30-15-5-16-31-74)110-98(116-101)80-38-20-35-77(59-80)68-24-9-2-10-25-68)63-87(62-85)105(120)123-90-53-44-72(45-54-90)93-57-48-84(66-108-93)102-114-96(75-32-17-6-18-33-75)111-99(117-102)81-39-21-36-78(60-81)69-26-11-3-12-27-69/h1-66H. The van der Waals surface area contributed by atoms with Gasteiger partial charge in [-0.2, -0.15) is 0 Å². The Morgan fingerprint density at radius 3 is 0.585 bits per heavy atom. The number of hydrogen-bond acceptors (Lipinski definition) is 18. The van der Waals surface area contributed by atoms with Crippen molar-refractivity contribution in [3.05, 3.63) is 417 Å². The predicted molar refractivity (Wildman–Crippen MR) is 476 cm³/mol. The van der Waals surface area contributed by atoms with E-state index in [1.807, 2.05) is 218 Å².